The minimum atomic E-state index is -0.802. The van der Waals surface area contributed by atoms with Crippen LogP contribution < -0.4 is 5.73 Å². The molecule has 0 radical (unpaired) electrons. The van der Waals surface area contributed by atoms with Gasteiger partial charge in [0.2, 0.25) is 0 Å². The van der Waals surface area contributed by atoms with E-state index in [1.165, 1.54) is 0 Å². The smallest absolute Gasteiger partial charge is 0.308 e. The van der Waals surface area contributed by atoms with Crippen molar-refractivity contribution in [3.05, 3.63) is 35.4 Å². The van der Waals surface area contributed by atoms with Gasteiger partial charge in [0.1, 0.15) is 0 Å². The molecule has 0 saturated carbocycles. The number of benzene rings is 1. The summed E-state index contributed by atoms with van der Waals surface area (Å²) in [6.07, 6.45) is 0.562. The van der Waals surface area contributed by atoms with E-state index in [1.807, 2.05) is 24.3 Å². The zero-order valence-corrected chi connectivity index (χ0v) is 7.10. The van der Waals surface area contributed by atoms with Gasteiger partial charge >= 0.3 is 5.97 Å². The molecule has 1 aliphatic rings. The molecule has 0 heterocycles. The fourth-order valence-corrected chi connectivity index (χ4v) is 1.87. The number of hydrogen-bond donors (Lipinski definition) is 2. The van der Waals surface area contributed by atoms with Gasteiger partial charge in [-0.3, -0.25) is 4.79 Å². The highest BCUT2D eigenvalue weighted by Crippen LogP contribution is 2.33. The van der Waals surface area contributed by atoms with Gasteiger partial charge in [-0.05, 0) is 17.5 Å². The highest BCUT2D eigenvalue weighted by Gasteiger charge is 2.34. The molecule has 0 bridgehead atoms. The number of fused-ring (bicyclic) bond motifs is 1. The van der Waals surface area contributed by atoms with Gasteiger partial charge in [0.05, 0.1) is 5.92 Å². The number of carbonyl (C=O) groups is 1. The van der Waals surface area contributed by atoms with Crippen LogP contribution in [0, 0.1) is 5.92 Å². The highest BCUT2D eigenvalue weighted by atomic mass is 16.4. The molecule has 2 atom stereocenters. The molecule has 0 saturated heterocycles. The van der Waals surface area contributed by atoms with E-state index in [2.05, 4.69) is 0 Å². The number of carboxylic acid groups (broad SMARTS) is 1. The van der Waals surface area contributed by atoms with E-state index in [4.69, 9.17) is 10.8 Å². The van der Waals surface area contributed by atoms with Crippen molar-refractivity contribution < 1.29 is 9.90 Å². The summed E-state index contributed by atoms with van der Waals surface area (Å²) in [6, 6.07) is 7.31. The zero-order valence-electron chi connectivity index (χ0n) is 7.10. The predicted octanol–water partition coefficient (Wildman–Crippen LogP) is 0.943. The van der Waals surface area contributed by atoms with Crippen molar-refractivity contribution >= 4 is 5.97 Å². The Labute approximate surface area is 76.2 Å². The standard InChI is InChI=1S/C10H11NO2/c11-9-7-4-2-1-3-6(7)5-8(9)10(12)13/h1-4,8-9H,5,11H2,(H,12,13)/t8-,9-/m1/s1. The van der Waals surface area contributed by atoms with Crippen molar-refractivity contribution in [2.75, 3.05) is 0 Å². The van der Waals surface area contributed by atoms with Gasteiger partial charge < -0.3 is 10.8 Å². The summed E-state index contributed by atoms with van der Waals surface area (Å²) in [5.74, 6) is -1.25. The Morgan fingerprint density at radius 3 is 2.77 bits per heavy atom. The molecule has 0 spiro atoms. The largest absolute Gasteiger partial charge is 0.481 e. The van der Waals surface area contributed by atoms with E-state index in [-0.39, 0.29) is 6.04 Å². The van der Waals surface area contributed by atoms with Crippen LogP contribution in [0.25, 0.3) is 0 Å². The number of carboxylic acids is 1. The molecular formula is C10H11NO2. The van der Waals surface area contributed by atoms with E-state index in [1.54, 1.807) is 0 Å². The first-order valence-electron chi connectivity index (χ1n) is 4.26. The third-order valence-corrected chi connectivity index (χ3v) is 2.60. The molecule has 68 valence electrons. The Bertz CT molecular complexity index is 349. The lowest BCUT2D eigenvalue weighted by atomic mass is 10.0. The topological polar surface area (TPSA) is 63.3 Å². The maximum Gasteiger partial charge on any atom is 0.308 e. The fraction of sp³-hybridized carbons (Fsp3) is 0.300. The minimum Gasteiger partial charge on any atom is -0.481 e. The summed E-state index contributed by atoms with van der Waals surface area (Å²) in [5, 5.41) is 8.88. The lowest BCUT2D eigenvalue weighted by Crippen LogP contribution is -2.24. The Balaban J connectivity index is 2.38. The van der Waals surface area contributed by atoms with Gasteiger partial charge in [-0.25, -0.2) is 0 Å². The second kappa shape index (κ2) is 2.85. The second-order valence-electron chi connectivity index (χ2n) is 3.37. The van der Waals surface area contributed by atoms with Crippen molar-refractivity contribution in [1.29, 1.82) is 0 Å². The molecule has 0 amide bonds. The lowest BCUT2D eigenvalue weighted by molar-refractivity contribution is -0.142. The molecule has 3 nitrogen and oxygen atoms in total. The Kier molecular flexibility index (Phi) is 1.81. The lowest BCUT2D eigenvalue weighted by Gasteiger charge is -2.09. The Morgan fingerprint density at radius 1 is 1.46 bits per heavy atom. The van der Waals surface area contributed by atoms with Gasteiger partial charge in [0, 0.05) is 6.04 Å². The summed E-state index contributed by atoms with van der Waals surface area (Å²) < 4.78 is 0. The van der Waals surface area contributed by atoms with Crippen molar-refractivity contribution in [2.24, 2.45) is 11.7 Å². The maximum absolute atomic E-state index is 10.8. The Hall–Kier alpha value is -1.35. The quantitative estimate of drug-likeness (QED) is 0.671. The van der Waals surface area contributed by atoms with E-state index in [0.29, 0.717) is 6.42 Å². The summed E-state index contributed by atoms with van der Waals surface area (Å²) in [7, 11) is 0. The normalized spacial score (nSPS) is 25.6. The van der Waals surface area contributed by atoms with Gasteiger partial charge in [-0.2, -0.15) is 0 Å². The predicted molar refractivity (Wildman–Crippen MR) is 48.2 cm³/mol. The third kappa shape index (κ3) is 1.21. The van der Waals surface area contributed by atoms with Crippen LogP contribution in [0.4, 0.5) is 0 Å². The summed E-state index contributed by atoms with van der Waals surface area (Å²) in [5.41, 5.74) is 7.86. The average molecular weight is 177 g/mol. The van der Waals surface area contributed by atoms with E-state index in [0.717, 1.165) is 11.1 Å². The highest BCUT2D eigenvalue weighted by molar-refractivity contribution is 5.73. The number of nitrogens with two attached hydrogens (primary N) is 1. The van der Waals surface area contributed by atoms with Gasteiger partial charge in [0.15, 0.2) is 0 Å². The van der Waals surface area contributed by atoms with Crippen LogP contribution in [-0.2, 0) is 11.2 Å². The zero-order chi connectivity index (χ0) is 9.42. The van der Waals surface area contributed by atoms with Gasteiger partial charge in [0.25, 0.3) is 0 Å². The molecular weight excluding hydrogens is 166 g/mol. The molecule has 0 aromatic heterocycles. The van der Waals surface area contributed by atoms with Crippen LogP contribution >= 0.6 is 0 Å². The van der Waals surface area contributed by atoms with E-state index in [9.17, 15) is 4.79 Å². The van der Waals surface area contributed by atoms with E-state index < -0.39 is 11.9 Å². The van der Waals surface area contributed by atoms with E-state index >= 15 is 0 Å². The first kappa shape index (κ1) is 8.26. The number of aliphatic carboxylic acids is 1. The van der Waals surface area contributed by atoms with Crippen molar-refractivity contribution in [3.63, 3.8) is 0 Å². The molecule has 13 heavy (non-hydrogen) atoms. The van der Waals surface area contributed by atoms with Crippen LogP contribution in [-0.4, -0.2) is 11.1 Å². The Morgan fingerprint density at radius 2 is 2.15 bits per heavy atom. The van der Waals surface area contributed by atoms with Crippen LogP contribution in [0.15, 0.2) is 24.3 Å². The van der Waals surface area contributed by atoms with Crippen LogP contribution in [0.1, 0.15) is 17.2 Å². The maximum atomic E-state index is 10.8. The number of hydrogen-bond acceptors (Lipinski definition) is 2. The molecule has 1 aromatic rings. The summed E-state index contributed by atoms with van der Waals surface area (Å²) >= 11 is 0. The first-order chi connectivity index (χ1) is 6.20. The SMILES string of the molecule is N[C@@H]1c2ccccc2C[C@H]1C(=O)O. The van der Waals surface area contributed by atoms with Crippen LogP contribution in [0.3, 0.4) is 0 Å². The van der Waals surface area contributed by atoms with Gasteiger partial charge in [-0.1, -0.05) is 24.3 Å². The second-order valence-corrected chi connectivity index (χ2v) is 3.37. The van der Waals surface area contributed by atoms with Crippen molar-refractivity contribution in [3.8, 4) is 0 Å². The minimum absolute atomic E-state index is 0.339. The summed E-state index contributed by atoms with van der Waals surface area (Å²) in [4.78, 5) is 10.8. The average Bonchev–Trinajstić information content (AvgIpc) is 2.45. The van der Waals surface area contributed by atoms with Crippen LogP contribution in [0.2, 0.25) is 0 Å². The molecule has 1 aromatic carbocycles. The third-order valence-electron chi connectivity index (χ3n) is 2.60. The molecule has 1 aliphatic carbocycles. The van der Waals surface area contributed by atoms with Crippen molar-refractivity contribution in [2.45, 2.75) is 12.5 Å². The van der Waals surface area contributed by atoms with Gasteiger partial charge in [-0.15, -0.1) is 0 Å². The molecule has 0 fully saturated rings. The monoisotopic (exact) mass is 177 g/mol. The van der Waals surface area contributed by atoms with Crippen LogP contribution in [0.5, 0.6) is 0 Å². The molecule has 2 rings (SSSR count). The molecule has 0 aliphatic heterocycles. The summed E-state index contributed by atoms with van der Waals surface area (Å²) in [6.45, 7) is 0. The molecule has 3 N–H and O–H groups in total. The number of rotatable bonds is 1. The first-order valence-corrected chi connectivity index (χ1v) is 4.26. The van der Waals surface area contributed by atoms with Crippen molar-refractivity contribution in [1.82, 2.24) is 0 Å². The molecule has 0 unspecified atom stereocenters. The fourth-order valence-electron chi connectivity index (χ4n) is 1.87. The molecule has 3 heteroatoms.